The molecule has 2 aromatic rings. The van der Waals surface area contributed by atoms with Crippen LogP contribution in [0.3, 0.4) is 0 Å². The summed E-state index contributed by atoms with van der Waals surface area (Å²) in [7, 11) is 1.57. The molecule has 0 aliphatic heterocycles. The molecule has 0 spiro atoms. The van der Waals surface area contributed by atoms with Crippen molar-refractivity contribution in [2.45, 2.75) is 6.54 Å². The summed E-state index contributed by atoms with van der Waals surface area (Å²) in [6, 6.07) is 9.82. The van der Waals surface area contributed by atoms with E-state index in [9.17, 15) is 9.59 Å². The van der Waals surface area contributed by atoms with E-state index in [0.29, 0.717) is 17.7 Å². The van der Waals surface area contributed by atoms with Gasteiger partial charge in [0.2, 0.25) is 0 Å². The lowest BCUT2D eigenvalue weighted by Gasteiger charge is -2.07. The highest BCUT2D eigenvalue weighted by atomic mass is 35.5. The highest BCUT2D eigenvalue weighted by molar-refractivity contribution is 6.33. The number of amides is 2. The molecule has 1 aromatic heterocycles. The van der Waals surface area contributed by atoms with E-state index in [1.54, 1.807) is 31.3 Å². The van der Waals surface area contributed by atoms with Crippen molar-refractivity contribution in [3.8, 4) is 0 Å². The smallest absolute Gasteiger partial charge is 0.251 e. The highest BCUT2D eigenvalue weighted by Gasteiger charge is 2.09. The van der Waals surface area contributed by atoms with E-state index in [0.717, 1.165) is 5.56 Å². The fourth-order valence-corrected chi connectivity index (χ4v) is 2.26. The number of hydrogen-bond acceptors (Lipinski definition) is 3. The predicted molar refractivity (Wildman–Crippen MR) is 85.3 cm³/mol. The molecule has 2 N–H and O–H groups in total. The van der Waals surface area contributed by atoms with Crippen molar-refractivity contribution < 1.29 is 9.59 Å². The number of aromatic nitrogens is 1. The Bertz CT molecular complexity index is 682. The lowest BCUT2D eigenvalue weighted by molar-refractivity contribution is 0.0946. The molecule has 0 saturated heterocycles. The zero-order chi connectivity index (χ0) is 16.1. The van der Waals surface area contributed by atoms with Crippen molar-refractivity contribution in [1.29, 1.82) is 0 Å². The van der Waals surface area contributed by atoms with Crippen LogP contribution in [0.15, 0.2) is 36.4 Å². The van der Waals surface area contributed by atoms with Gasteiger partial charge in [0, 0.05) is 24.7 Å². The van der Waals surface area contributed by atoms with Gasteiger partial charge in [0.1, 0.15) is 10.3 Å². The lowest BCUT2D eigenvalue weighted by atomic mass is 10.1. The monoisotopic (exact) mass is 337 g/mol. The molecule has 0 unspecified atom stereocenters. The second-order valence-electron chi connectivity index (χ2n) is 4.46. The third-order valence-corrected chi connectivity index (χ3v) is 3.31. The molecular formula is C15H13Cl2N3O2. The first-order chi connectivity index (χ1) is 10.5. The largest absolute Gasteiger partial charge is 0.355 e. The lowest BCUT2D eigenvalue weighted by Crippen LogP contribution is -2.23. The fourth-order valence-electron chi connectivity index (χ4n) is 1.80. The van der Waals surface area contributed by atoms with E-state index < -0.39 is 0 Å². The minimum Gasteiger partial charge on any atom is -0.355 e. The molecule has 5 nitrogen and oxygen atoms in total. The van der Waals surface area contributed by atoms with Gasteiger partial charge in [-0.1, -0.05) is 35.3 Å². The minimum absolute atomic E-state index is 0.156. The maximum atomic E-state index is 12.0. The van der Waals surface area contributed by atoms with Crippen molar-refractivity contribution in [2.75, 3.05) is 7.05 Å². The zero-order valence-electron chi connectivity index (χ0n) is 11.7. The van der Waals surface area contributed by atoms with Gasteiger partial charge in [-0.2, -0.15) is 0 Å². The fraction of sp³-hybridized carbons (Fsp3) is 0.133. The molecule has 0 saturated carbocycles. The van der Waals surface area contributed by atoms with E-state index in [2.05, 4.69) is 15.6 Å². The van der Waals surface area contributed by atoms with E-state index in [1.807, 2.05) is 0 Å². The van der Waals surface area contributed by atoms with Crippen LogP contribution in [0.1, 0.15) is 26.3 Å². The van der Waals surface area contributed by atoms with Crippen LogP contribution < -0.4 is 10.6 Å². The highest BCUT2D eigenvalue weighted by Crippen LogP contribution is 2.14. The Labute approximate surface area is 137 Å². The van der Waals surface area contributed by atoms with Gasteiger partial charge in [-0.25, -0.2) is 4.98 Å². The minimum atomic E-state index is -0.304. The Morgan fingerprint density at radius 3 is 2.14 bits per heavy atom. The number of nitrogens with one attached hydrogen (secondary N) is 2. The third-order valence-electron chi connectivity index (χ3n) is 2.92. The molecule has 0 fully saturated rings. The number of nitrogens with zero attached hydrogens (tertiary/aromatic N) is 1. The Hall–Kier alpha value is -2.11. The molecule has 114 valence electrons. The Balaban J connectivity index is 2.00. The standard InChI is InChI=1S/C15H13Cl2N3O2/c1-18-14(21)10-4-2-9(3-5-10)8-19-15(22)11-6-12(16)20-13(17)7-11/h2-7H,8H2,1H3,(H,18,21)(H,19,22). The summed E-state index contributed by atoms with van der Waals surface area (Å²) >= 11 is 11.5. The van der Waals surface area contributed by atoms with Crippen LogP contribution in [-0.2, 0) is 6.54 Å². The van der Waals surface area contributed by atoms with Crippen LogP contribution in [-0.4, -0.2) is 23.8 Å². The summed E-state index contributed by atoms with van der Waals surface area (Å²) in [5.74, 6) is -0.460. The average Bonchev–Trinajstić information content (AvgIpc) is 2.51. The van der Waals surface area contributed by atoms with Crippen molar-refractivity contribution in [2.24, 2.45) is 0 Å². The topological polar surface area (TPSA) is 71.1 Å². The molecule has 0 atom stereocenters. The first kappa shape index (κ1) is 16.3. The van der Waals surface area contributed by atoms with Crippen LogP contribution in [0.4, 0.5) is 0 Å². The maximum absolute atomic E-state index is 12.0. The van der Waals surface area contributed by atoms with Crippen LogP contribution >= 0.6 is 23.2 Å². The SMILES string of the molecule is CNC(=O)c1ccc(CNC(=O)c2cc(Cl)nc(Cl)c2)cc1. The van der Waals surface area contributed by atoms with Crippen molar-refractivity contribution in [3.63, 3.8) is 0 Å². The summed E-state index contributed by atoms with van der Waals surface area (Å²) in [6.07, 6.45) is 0. The van der Waals surface area contributed by atoms with Crippen molar-refractivity contribution in [1.82, 2.24) is 15.6 Å². The van der Waals surface area contributed by atoms with Crippen LogP contribution in [0.5, 0.6) is 0 Å². The van der Waals surface area contributed by atoms with Crippen LogP contribution in [0.2, 0.25) is 10.3 Å². The number of pyridine rings is 1. The number of carbonyl (C=O) groups is 2. The molecule has 22 heavy (non-hydrogen) atoms. The third kappa shape index (κ3) is 4.19. The number of halogens is 2. The first-order valence-corrected chi connectivity index (χ1v) is 7.17. The number of hydrogen-bond donors (Lipinski definition) is 2. The molecule has 0 radical (unpaired) electrons. The summed E-state index contributed by atoms with van der Waals surface area (Å²) in [5, 5.41) is 5.61. The summed E-state index contributed by atoms with van der Waals surface area (Å²) in [5.41, 5.74) is 1.77. The van der Waals surface area contributed by atoms with E-state index in [-0.39, 0.29) is 22.1 Å². The quantitative estimate of drug-likeness (QED) is 0.842. The van der Waals surface area contributed by atoms with Gasteiger partial charge in [-0.3, -0.25) is 9.59 Å². The molecule has 1 heterocycles. The molecule has 0 aliphatic carbocycles. The van der Waals surface area contributed by atoms with E-state index >= 15 is 0 Å². The molecule has 2 rings (SSSR count). The van der Waals surface area contributed by atoms with Crippen LogP contribution in [0.25, 0.3) is 0 Å². The van der Waals surface area contributed by atoms with E-state index in [1.165, 1.54) is 12.1 Å². The van der Waals surface area contributed by atoms with Gasteiger partial charge in [-0.05, 0) is 29.8 Å². The second kappa shape index (κ2) is 7.24. The zero-order valence-corrected chi connectivity index (χ0v) is 13.2. The van der Waals surface area contributed by atoms with Crippen molar-refractivity contribution in [3.05, 3.63) is 63.4 Å². The van der Waals surface area contributed by atoms with Crippen LogP contribution in [0, 0.1) is 0 Å². The second-order valence-corrected chi connectivity index (χ2v) is 5.23. The Morgan fingerprint density at radius 1 is 1.00 bits per heavy atom. The van der Waals surface area contributed by atoms with Gasteiger partial charge >= 0.3 is 0 Å². The van der Waals surface area contributed by atoms with Gasteiger partial charge in [-0.15, -0.1) is 0 Å². The van der Waals surface area contributed by atoms with E-state index in [4.69, 9.17) is 23.2 Å². The Kier molecular flexibility index (Phi) is 5.35. The van der Waals surface area contributed by atoms with Gasteiger partial charge in [0.15, 0.2) is 0 Å². The number of rotatable bonds is 4. The predicted octanol–water partition coefficient (Wildman–Crippen LogP) is 2.68. The molecule has 1 aromatic carbocycles. The van der Waals surface area contributed by atoms with Gasteiger partial charge < -0.3 is 10.6 Å². The van der Waals surface area contributed by atoms with Gasteiger partial charge in [0.05, 0.1) is 0 Å². The molecule has 2 amide bonds. The average molecular weight is 338 g/mol. The van der Waals surface area contributed by atoms with Crippen molar-refractivity contribution >= 4 is 35.0 Å². The Morgan fingerprint density at radius 2 is 1.59 bits per heavy atom. The summed E-state index contributed by atoms with van der Waals surface area (Å²) in [4.78, 5) is 27.2. The summed E-state index contributed by atoms with van der Waals surface area (Å²) in [6.45, 7) is 0.324. The first-order valence-electron chi connectivity index (χ1n) is 6.42. The molecule has 0 aliphatic rings. The molecular weight excluding hydrogens is 325 g/mol. The maximum Gasteiger partial charge on any atom is 0.251 e. The number of carbonyl (C=O) groups excluding carboxylic acids is 2. The molecule has 7 heteroatoms. The summed E-state index contributed by atoms with van der Waals surface area (Å²) < 4.78 is 0. The normalized spacial score (nSPS) is 10.1. The number of benzene rings is 1. The molecule has 0 bridgehead atoms. The van der Waals surface area contributed by atoms with Gasteiger partial charge in [0.25, 0.3) is 11.8 Å².